The number of hydrogen-bond donors (Lipinski definition) is 1. The molecular formula is C11H12N6S. The van der Waals surface area contributed by atoms with Crippen LogP contribution in [-0.4, -0.2) is 24.6 Å². The number of thiazole rings is 1. The first-order valence-electron chi connectivity index (χ1n) is 5.55. The summed E-state index contributed by atoms with van der Waals surface area (Å²) >= 11 is 1.64. The Kier molecular flexibility index (Phi) is 2.67. The van der Waals surface area contributed by atoms with Gasteiger partial charge in [-0.2, -0.15) is 0 Å². The van der Waals surface area contributed by atoms with Crippen LogP contribution < -0.4 is 5.32 Å². The monoisotopic (exact) mass is 260 g/mol. The van der Waals surface area contributed by atoms with Crippen molar-refractivity contribution < 1.29 is 0 Å². The van der Waals surface area contributed by atoms with E-state index in [2.05, 4.69) is 25.5 Å². The number of fused-ring (bicyclic) bond motifs is 1. The van der Waals surface area contributed by atoms with Crippen molar-refractivity contribution >= 4 is 22.8 Å². The number of nitrogens with one attached hydrogen (secondary N) is 1. The summed E-state index contributed by atoms with van der Waals surface area (Å²) in [7, 11) is 0. The quantitative estimate of drug-likeness (QED) is 0.778. The standard InChI is InChI=1S/C11H12N6S/c1-7-6-18-9(14-7)5-13-10-11-16-15-8(2)17(11)4-3-12-10/h3-4,6H,5H2,1-2H3,(H,12,13). The fourth-order valence-corrected chi connectivity index (χ4v) is 2.42. The van der Waals surface area contributed by atoms with E-state index in [9.17, 15) is 0 Å². The number of rotatable bonds is 3. The van der Waals surface area contributed by atoms with Crippen LogP contribution in [-0.2, 0) is 6.54 Å². The van der Waals surface area contributed by atoms with Gasteiger partial charge >= 0.3 is 0 Å². The van der Waals surface area contributed by atoms with Crippen molar-refractivity contribution in [2.45, 2.75) is 20.4 Å². The maximum atomic E-state index is 4.40. The first kappa shape index (κ1) is 11.1. The number of anilines is 1. The van der Waals surface area contributed by atoms with Gasteiger partial charge in [0.25, 0.3) is 0 Å². The number of aromatic nitrogens is 5. The minimum Gasteiger partial charge on any atom is -0.360 e. The van der Waals surface area contributed by atoms with Gasteiger partial charge in [-0.25, -0.2) is 9.97 Å². The van der Waals surface area contributed by atoms with Gasteiger partial charge in [-0.15, -0.1) is 21.5 Å². The summed E-state index contributed by atoms with van der Waals surface area (Å²) < 4.78 is 1.91. The topological polar surface area (TPSA) is 68.0 Å². The van der Waals surface area contributed by atoms with Crippen molar-refractivity contribution in [1.29, 1.82) is 0 Å². The van der Waals surface area contributed by atoms with E-state index in [0.29, 0.717) is 6.54 Å². The van der Waals surface area contributed by atoms with Crippen LogP contribution in [0.4, 0.5) is 5.82 Å². The van der Waals surface area contributed by atoms with E-state index < -0.39 is 0 Å². The van der Waals surface area contributed by atoms with E-state index in [1.54, 1.807) is 17.5 Å². The van der Waals surface area contributed by atoms with E-state index in [1.807, 2.05) is 29.8 Å². The lowest BCUT2D eigenvalue weighted by Gasteiger charge is -2.04. The average molecular weight is 260 g/mol. The lowest BCUT2D eigenvalue weighted by molar-refractivity contribution is 0.998. The molecule has 0 spiro atoms. The summed E-state index contributed by atoms with van der Waals surface area (Å²) in [6.07, 6.45) is 3.59. The summed E-state index contributed by atoms with van der Waals surface area (Å²) in [6.45, 7) is 4.55. The highest BCUT2D eigenvalue weighted by Crippen LogP contribution is 2.15. The van der Waals surface area contributed by atoms with Crippen LogP contribution in [0.3, 0.4) is 0 Å². The van der Waals surface area contributed by atoms with Crippen LogP contribution in [0, 0.1) is 13.8 Å². The molecule has 0 unspecified atom stereocenters. The van der Waals surface area contributed by atoms with Crippen molar-refractivity contribution in [3.05, 3.63) is 34.3 Å². The van der Waals surface area contributed by atoms with Gasteiger partial charge in [-0.05, 0) is 13.8 Å². The summed E-state index contributed by atoms with van der Waals surface area (Å²) in [4.78, 5) is 8.68. The zero-order valence-corrected chi connectivity index (χ0v) is 10.9. The molecule has 0 aromatic carbocycles. The fraction of sp³-hybridized carbons (Fsp3) is 0.273. The summed E-state index contributed by atoms with van der Waals surface area (Å²) in [5.74, 6) is 1.58. The van der Waals surface area contributed by atoms with Crippen LogP contribution in [0.1, 0.15) is 16.5 Å². The van der Waals surface area contributed by atoms with Gasteiger partial charge in [-0.1, -0.05) is 0 Å². The molecule has 3 aromatic heterocycles. The molecule has 3 aromatic rings. The van der Waals surface area contributed by atoms with Gasteiger partial charge < -0.3 is 5.32 Å². The minimum absolute atomic E-state index is 0.650. The van der Waals surface area contributed by atoms with Gasteiger partial charge in [0.05, 0.1) is 6.54 Å². The Bertz CT molecular complexity index is 686. The first-order valence-corrected chi connectivity index (χ1v) is 6.43. The zero-order chi connectivity index (χ0) is 12.5. The lowest BCUT2D eigenvalue weighted by Crippen LogP contribution is -2.03. The molecule has 0 saturated carbocycles. The molecule has 0 saturated heterocycles. The highest BCUT2D eigenvalue weighted by Gasteiger charge is 2.07. The number of hydrogen-bond acceptors (Lipinski definition) is 6. The molecule has 3 rings (SSSR count). The normalized spacial score (nSPS) is 11.0. The second-order valence-electron chi connectivity index (χ2n) is 3.95. The molecule has 7 heteroatoms. The maximum Gasteiger partial charge on any atom is 0.203 e. The van der Waals surface area contributed by atoms with Crippen LogP contribution in [0.25, 0.3) is 5.65 Å². The predicted molar refractivity (Wildman–Crippen MR) is 69.7 cm³/mol. The molecule has 6 nitrogen and oxygen atoms in total. The predicted octanol–water partition coefficient (Wildman–Crippen LogP) is 1.81. The number of nitrogens with zero attached hydrogens (tertiary/aromatic N) is 5. The molecule has 0 fully saturated rings. The summed E-state index contributed by atoms with van der Waals surface area (Å²) in [6, 6.07) is 0. The maximum absolute atomic E-state index is 4.40. The van der Waals surface area contributed by atoms with Gasteiger partial charge in [-0.3, -0.25) is 4.40 Å². The minimum atomic E-state index is 0.650. The lowest BCUT2D eigenvalue weighted by atomic mass is 10.5. The Morgan fingerprint density at radius 2 is 2.22 bits per heavy atom. The van der Waals surface area contributed by atoms with Crippen LogP contribution in [0.15, 0.2) is 17.8 Å². The Balaban J connectivity index is 1.86. The molecule has 18 heavy (non-hydrogen) atoms. The molecule has 0 radical (unpaired) electrons. The van der Waals surface area contributed by atoms with E-state index in [1.165, 1.54) is 0 Å². The molecule has 92 valence electrons. The zero-order valence-electron chi connectivity index (χ0n) is 10.1. The van der Waals surface area contributed by atoms with E-state index in [4.69, 9.17) is 0 Å². The summed E-state index contributed by atoms with van der Waals surface area (Å²) in [5, 5.41) is 14.5. The molecule has 0 aliphatic heterocycles. The second-order valence-corrected chi connectivity index (χ2v) is 4.90. The Labute approximate surface area is 108 Å². The smallest absolute Gasteiger partial charge is 0.203 e. The molecule has 0 atom stereocenters. The molecule has 3 heterocycles. The van der Waals surface area contributed by atoms with Gasteiger partial charge in [0, 0.05) is 23.5 Å². The Morgan fingerprint density at radius 3 is 3.00 bits per heavy atom. The Morgan fingerprint density at radius 1 is 1.33 bits per heavy atom. The molecule has 0 bridgehead atoms. The molecule has 0 aliphatic rings. The van der Waals surface area contributed by atoms with Crippen molar-refractivity contribution in [3.8, 4) is 0 Å². The van der Waals surface area contributed by atoms with Gasteiger partial charge in [0.15, 0.2) is 5.82 Å². The molecular weight excluding hydrogens is 248 g/mol. The largest absolute Gasteiger partial charge is 0.360 e. The highest BCUT2D eigenvalue weighted by molar-refractivity contribution is 7.09. The van der Waals surface area contributed by atoms with Crippen LogP contribution >= 0.6 is 11.3 Å². The third-order valence-electron chi connectivity index (χ3n) is 2.57. The van der Waals surface area contributed by atoms with Crippen molar-refractivity contribution in [2.24, 2.45) is 0 Å². The fourth-order valence-electron chi connectivity index (χ4n) is 1.71. The second kappa shape index (κ2) is 4.34. The number of aryl methyl sites for hydroxylation is 2. The third-order valence-corrected chi connectivity index (χ3v) is 3.54. The average Bonchev–Trinajstić information content (AvgIpc) is 2.94. The molecule has 1 N–H and O–H groups in total. The van der Waals surface area contributed by atoms with Gasteiger partial charge in [0.1, 0.15) is 10.8 Å². The van der Waals surface area contributed by atoms with E-state index >= 15 is 0 Å². The SMILES string of the molecule is Cc1csc(CNc2nccn3c(C)nnc23)n1. The Hall–Kier alpha value is -2.02. The van der Waals surface area contributed by atoms with Gasteiger partial charge in [0.2, 0.25) is 5.65 Å². The van der Waals surface area contributed by atoms with Crippen molar-refractivity contribution in [2.75, 3.05) is 5.32 Å². The van der Waals surface area contributed by atoms with Crippen LogP contribution in [0.5, 0.6) is 0 Å². The van der Waals surface area contributed by atoms with E-state index in [0.717, 1.165) is 28.0 Å². The summed E-state index contributed by atoms with van der Waals surface area (Å²) in [5.41, 5.74) is 1.78. The molecule has 0 amide bonds. The highest BCUT2D eigenvalue weighted by atomic mass is 32.1. The van der Waals surface area contributed by atoms with Crippen LogP contribution in [0.2, 0.25) is 0 Å². The van der Waals surface area contributed by atoms with Crippen molar-refractivity contribution in [3.63, 3.8) is 0 Å². The molecule has 0 aliphatic carbocycles. The van der Waals surface area contributed by atoms with E-state index in [-0.39, 0.29) is 0 Å². The first-order chi connectivity index (χ1) is 8.74. The third kappa shape index (κ3) is 1.92. The van der Waals surface area contributed by atoms with Crippen molar-refractivity contribution in [1.82, 2.24) is 24.6 Å².